The average molecular weight is 385 g/mol. The van der Waals surface area contributed by atoms with Gasteiger partial charge in [0.2, 0.25) is 0 Å². The predicted octanol–water partition coefficient (Wildman–Crippen LogP) is 3.16. The first-order valence-corrected chi connectivity index (χ1v) is 9.03. The number of non-ortho nitro benzene ring substituents is 1. The van der Waals surface area contributed by atoms with Gasteiger partial charge in [-0.05, 0) is 44.1 Å². The molecule has 1 spiro atoms. The lowest BCUT2D eigenvalue weighted by Gasteiger charge is -2.32. The molecule has 0 atom stereocenters. The summed E-state index contributed by atoms with van der Waals surface area (Å²) in [5.41, 5.74) is 1.45. The van der Waals surface area contributed by atoms with Crippen LogP contribution in [0.3, 0.4) is 0 Å². The minimum atomic E-state index is -0.906. The fourth-order valence-electron chi connectivity index (χ4n) is 3.55. The van der Waals surface area contributed by atoms with Crippen LogP contribution in [0.5, 0.6) is 0 Å². The van der Waals surface area contributed by atoms with E-state index in [9.17, 15) is 14.9 Å². The van der Waals surface area contributed by atoms with Crippen LogP contribution in [0.25, 0.3) is 0 Å². The van der Waals surface area contributed by atoms with Crippen LogP contribution in [-0.2, 0) is 4.79 Å². The second-order valence-corrected chi connectivity index (χ2v) is 7.13. The van der Waals surface area contributed by atoms with Crippen LogP contribution in [0.15, 0.2) is 47.5 Å². The molecule has 1 fully saturated rings. The number of piperidine rings is 1. The number of carbonyl (C=O) groups is 1. The molecular weight excluding hydrogens is 368 g/mol. The van der Waals surface area contributed by atoms with Crippen molar-refractivity contribution in [3.05, 3.63) is 68.7 Å². The standard InChI is InChI=1S/C19H17ClN4O3/c20-13-4-5-16-15(11-13)17(12-2-1-3-14(10-12)24(26)27)23-19(18(25)22-16)6-8-21-9-7-19/h1-5,10-11,21H,6-9H2,(H,22,25). The van der Waals surface area contributed by atoms with E-state index in [1.54, 1.807) is 30.3 Å². The Bertz CT molecular complexity index is 967. The number of hydrogen-bond acceptors (Lipinski definition) is 5. The highest BCUT2D eigenvalue weighted by Gasteiger charge is 2.42. The number of amides is 1. The molecule has 0 bridgehead atoms. The number of carbonyl (C=O) groups excluding carboxylic acids is 1. The van der Waals surface area contributed by atoms with Gasteiger partial charge in [-0.1, -0.05) is 23.7 Å². The molecule has 0 saturated carbocycles. The normalized spacial score (nSPS) is 18.3. The van der Waals surface area contributed by atoms with Gasteiger partial charge in [-0.3, -0.25) is 19.9 Å². The largest absolute Gasteiger partial charge is 0.323 e. The molecule has 2 aliphatic rings. The number of aliphatic imine (C=N–C) groups is 1. The maximum Gasteiger partial charge on any atom is 0.270 e. The van der Waals surface area contributed by atoms with Gasteiger partial charge >= 0.3 is 0 Å². The molecule has 0 unspecified atom stereocenters. The van der Waals surface area contributed by atoms with Gasteiger partial charge in [0, 0.05) is 28.3 Å². The summed E-state index contributed by atoms with van der Waals surface area (Å²) in [5, 5.41) is 17.9. The van der Waals surface area contributed by atoms with Gasteiger partial charge in [0.25, 0.3) is 11.6 Å². The Kier molecular flexibility index (Phi) is 4.41. The first-order chi connectivity index (χ1) is 13.0. The van der Waals surface area contributed by atoms with Crippen molar-refractivity contribution >= 4 is 34.6 Å². The summed E-state index contributed by atoms with van der Waals surface area (Å²) in [6.45, 7) is 1.35. The second-order valence-electron chi connectivity index (χ2n) is 6.69. The Morgan fingerprint density at radius 1 is 1.15 bits per heavy atom. The van der Waals surface area contributed by atoms with E-state index >= 15 is 0 Å². The predicted molar refractivity (Wildman–Crippen MR) is 104 cm³/mol. The number of benzene rings is 2. The molecule has 2 aromatic rings. The Morgan fingerprint density at radius 3 is 2.67 bits per heavy atom. The van der Waals surface area contributed by atoms with Gasteiger partial charge in [-0.2, -0.15) is 0 Å². The third kappa shape index (κ3) is 3.20. The molecule has 7 nitrogen and oxygen atoms in total. The van der Waals surface area contributed by atoms with Crippen molar-refractivity contribution in [1.29, 1.82) is 0 Å². The molecular formula is C19H17ClN4O3. The van der Waals surface area contributed by atoms with Crippen molar-refractivity contribution in [3.8, 4) is 0 Å². The van der Waals surface area contributed by atoms with Crippen LogP contribution >= 0.6 is 11.6 Å². The number of fused-ring (bicyclic) bond motifs is 1. The lowest BCUT2D eigenvalue weighted by atomic mass is 9.87. The van der Waals surface area contributed by atoms with E-state index in [-0.39, 0.29) is 11.6 Å². The summed E-state index contributed by atoms with van der Waals surface area (Å²) in [6.07, 6.45) is 1.11. The van der Waals surface area contributed by atoms with Gasteiger partial charge in [-0.25, -0.2) is 0 Å². The van der Waals surface area contributed by atoms with Crippen molar-refractivity contribution < 1.29 is 9.72 Å². The maximum atomic E-state index is 13.0. The molecule has 138 valence electrons. The molecule has 2 aromatic carbocycles. The van der Waals surface area contributed by atoms with Crippen molar-refractivity contribution in [1.82, 2.24) is 5.32 Å². The summed E-state index contributed by atoms with van der Waals surface area (Å²) < 4.78 is 0. The Labute approximate surface area is 160 Å². The smallest absolute Gasteiger partial charge is 0.270 e. The Balaban J connectivity index is 1.95. The van der Waals surface area contributed by atoms with Crippen LogP contribution in [0.4, 0.5) is 11.4 Å². The van der Waals surface area contributed by atoms with Crippen LogP contribution in [0.2, 0.25) is 5.02 Å². The number of nitro benzene ring substituents is 1. The van der Waals surface area contributed by atoms with Crippen LogP contribution < -0.4 is 10.6 Å². The lowest BCUT2D eigenvalue weighted by Crippen LogP contribution is -2.49. The minimum absolute atomic E-state index is 0.0262. The number of anilines is 1. The number of nitrogens with one attached hydrogen (secondary N) is 2. The summed E-state index contributed by atoms with van der Waals surface area (Å²) in [6, 6.07) is 11.5. The van der Waals surface area contributed by atoms with Crippen LogP contribution in [0.1, 0.15) is 24.0 Å². The van der Waals surface area contributed by atoms with E-state index in [0.29, 0.717) is 53.5 Å². The number of nitro groups is 1. The first-order valence-electron chi connectivity index (χ1n) is 8.65. The van der Waals surface area contributed by atoms with E-state index in [1.165, 1.54) is 12.1 Å². The number of rotatable bonds is 2. The minimum Gasteiger partial charge on any atom is -0.323 e. The molecule has 2 heterocycles. The van der Waals surface area contributed by atoms with E-state index < -0.39 is 10.5 Å². The van der Waals surface area contributed by atoms with E-state index in [2.05, 4.69) is 10.6 Å². The molecule has 1 amide bonds. The van der Waals surface area contributed by atoms with Crippen LogP contribution in [0, 0.1) is 10.1 Å². The van der Waals surface area contributed by atoms with Gasteiger partial charge in [0.15, 0.2) is 0 Å². The summed E-state index contributed by atoms with van der Waals surface area (Å²) in [5.74, 6) is -0.159. The second kappa shape index (κ2) is 6.75. The molecule has 27 heavy (non-hydrogen) atoms. The molecule has 8 heteroatoms. The highest BCUT2D eigenvalue weighted by atomic mass is 35.5. The zero-order chi connectivity index (χ0) is 19.0. The van der Waals surface area contributed by atoms with Crippen molar-refractivity contribution in [2.75, 3.05) is 18.4 Å². The lowest BCUT2D eigenvalue weighted by molar-refractivity contribution is -0.384. The molecule has 4 rings (SSSR count). The molecule has 0 aliphatic carbocycles. The monoisotopic (exact) mass is 384 g/mol. The van der Waals surface area contributed by atoms with E-state index in [4.69, 9.17) is 16.6 Å². The summed E-state index contributed by atoms with van der Waals surface area (Å²) in [4.78, 5) is 28.7. The van der Waals surface area contributed by atoms with Crippen molar-refractivity contribution in [3.63, 3.8) is 0 Å². The van der Waals surface area contributed by atoms with Gasteiger partial charge in [-0.15, -0.1) is 0 Å². The molecule has 0 aromatic heterocycles. The molecule has 2 aliphatic heterocycles. The van der Waals surface area contributed by atoms with Gasteiger partial charge in [0.1, 0.15) is 5.54 Å². The third-order valence-electron chi connectivity index (χ3n) is 4.99. The highest BCUT2D eigenvalue weighted by molar-refractivity contribution is 6.32. The van der Waals surface area contributed by atoms with Gasteiger partial charge in [0.05, 0.1) is 16.3 Å². The SMILES string of the molecule is O=C1Nc2ccc(Cl)cc2C(c2cccc([N+](=O)[O-])c2)=NC12CCNCC2. The fourth-order valence-corrected chi connectivity index (χ4v) is 3.72. The quantitative estimate of drug-likeness (QED) is 0.614. The number of hydrogen-bond donors (Lipinski definition) is 2. The van der Waals surface area contributed by atoms with E-state index in [1.807, 2.05) is 0 Å². The van der Waals surface area contributed by atoms with Gasteiger partial charge < -0.3 is 10.6 Å². The average Bonchev–Trinajstić information content (AvgIpc) is 2.78. The Hall–Kier alpha value is -2.77. The molecule has 2 N–H and O–H groups in total. The third-order valence-corrected chi connectivity index (χ3v) is 5.23. The maximum absolute atomic E-state index is 13.0. The van der Waals surface area contributed by atoms with Crippen molar-refractivity contribution in [2.45, 2.75) is 18.4 Å². The van der Waals surface area contributed by atoms with Crippen molar-refractivity contribution in [2.24, 2.45) is 4.99 Å². The Morgan fingerprint density at radius 2 is 1.93 bits per heavy atom. The topological polar surface area (TPSA) is 96.6 Å². The number of nitrogens with zero attached hydrogens (tertiary/aromatic N) is 2. The molecule has 0 radical (unpaired) electrons. The first kappa shape index (κ1) is 17.6. The number of halogens is 1. The highest BCUT2D eigenvalue weighted by Crippen LogP contribution is 2.34. The zero-order valence-electron chi connectivity index (χ0n) is 14.4. The summed E-state index contributed by atoms with van der Waals surface area (Å²) >= 11 is 6.19. The molecule has 1 saturated heterocycles. The summed E-state index contributed by atoms with van der Waals surface area (Å²) in [7, 11) is 0. The van der Waals surface area contributed by atoms with E-state index in [0.717, 1.165) is 0 Å². The zero-order valence-corrected chi connectivity index (χ0v) is 15.1. The van der Waals surface area contributed by atoms with Crippen LogP contribution in [-0.4, -0.2) is 35.2 Å². The fraction of sp³-hybridized carbons (Fsp3) is 0.263.